The number of amides is 1. The van der Waals surface area contributed by atoms with Gasteiger partial charge in [0.2, 0.25) is 5.91 Å². The van der Waals surface area contributed by atoms with Crippen LogP contribution in [0.25, 0.3) is 0 Å². The normalized spacial score (nSPS) is 15.6. The van der Waals surface area contributed by atoms with E-state index in [0.29, 0.717) is 43.3 Å². The third kappa shape index (κ3) is 3.99. The van der Waals surface area contributed by atoms with Crippen LogP contribution < -0.4 is 0 Å². The highest BCUT2D eigenvalue weighted by atomic mass is 35.5. The van der Waals surface area contributed by atoms with Crippen molar-refractivity contribution >= 4 is 17.5 Å². The summed E-state index contributed by atoms with van der Waals surface area (Å²) in [5, 5.41) is 4.63. The number of carbonyl (C=O) groups is 1. The zero-order valence-corrected chi connectivity index (χ0v) is 14.6. The van der Waals surface area contributed by atoms with Gasteiger partial charge < -0.3 is 4.90 Å². The van der Waals surface area contributed by atoms with Crippen molar-refractivity contribution < 1.29 is 13.6 Å². The van der Waals surface area contributed by atoms with Gasteiger partial charge in [-0.25, -0.2) is 8.78 Å². The van der Waals surface area contributed by atoms with Gasteiger partial charge in [-0.3, -0.25) is 14.4 Å². The molecule has 0 aliphatic carbocycles. The van der Waals surface area contributed by atoms with Crippen molar-refractivity contribution in [2.24, 2.45) is 0 Å². The smallest absolute Gasteiger partial charge is 0.244 e. The highest BCUT2D eigenvalue weighted by Gasteiger charge is 2.23. The van der Waals surface area contributed by atoms with Crippen molar-refractivity contribution in [1.82, 2.24) is 19.6 Å². The van der Waals surface area contributed by atoms with E-state index >= 15 is 0 Å². The summed E-state index contributed by atoms with van der Waals surface area (Å²) in [5.41, 5.74) is 1.09. The van der Waals surface area contributed by atoms with E-state index in [1.165, 1.54) is 12.3 Å². The van der Waals surface area contributed by atoms with Gasteiger partial charge in [-0.2, -0.15) is 5.10 Å². The molecule has 2 heterocycles. The lowest BCUT2D eigenvalue weighted by Gasteiger charge is -2.34. The van der Waals surface area contributed by atoms with Crippen LogP contribution in [0, 0.1) is 18.6 Å². The van der Waals surface area contributed by atoms with E-state index in [-0.39, 0.29) is 12.5 Å². The third-order valence-electron chi connectivity index (χ3n) is 4.48. The van der Waals surface area contributed by atoms with E-state index in [9.17, 15) is 13.6 Å². The monoisotopic (exact) mass is 368 g/mol. The van der Waals surface area contributed by atoms with Crippen LogP contribution in [-0.4, -0.2) is 51.7 Å². The average molecular weight is 369 g/mol. The van der Waals surface area contributed by atoms with E-state index in [2.05, 4.69) is 5.10 Å². The van der Waals surface area contributed by atoms with E-state index in [1.807, 2.05) is 11.8 Å². The van der Waals surface area contributed by atoms with E-state index in [0.717, 1.165) is 11.8 Å². The van der Waals surface area contributed by atoms with Gasteiger partial charge in [-0.15, -0.1) is 0 Å². The Labute approximate surface area is 149 Å². The lowest BCUT2D eigenvalue weighted by atomic mass is 10.1. The molecule has 3 rings (SSSR count). The molecule has 0 atom stereocenters. The van der Waals surface area contributed by atoms with Crippen molar-refractivity contribution in [2.45, 2.75) is 20.0 Å². The number of rotatable bonds is 4. The molecule has 1 saturated heterocycles. The summed E-state index contributed by atoms with van der Waals surface area (Å²) in [6.07, 6.45) is 1.52. The molecule has 0 bridgehead atoms. The van der Waals surface area contributed by atoms with Gasteiger partial charge in [-0.05, 0) is 13.0 Å². The van der Waals surface area contributed by atoms with Gasteiger partial charge >= 0.3 is 0 Å². The summed E-state index contributed by atoms with van der Waals surface area (Å²) in [6.45, 7) is 4.61. The molecule has 0 spiro atoms. The van der Waals surface area contributed by atoms with Crippen molar-refractivity contribution in [3.8, 4) is 0 Å². The van der Waals surface area contributed by atoms with Gasteiger partial charge in [0, 0.05) is 38.3 Å². The van der Waals surface area contributed by atoms with Gasteiger partial charge in [0.25, 0.3) is 0 Å². The Kier molecular flexibility index (Phi) is 5.34. The number of carbonyl (C=O) groups excluding carboxylic acids is 1. The van der Waals surface area contributed by atoms with E-state index in [4.69, 9.17) is 11.6 Å². The fourth-order valence-corrected chi connectivity index (χ4v) is 3.02. The van der Waals surface area contributed by atoms with Crippen molar-refractivity contribution in [3.05, 3.63) is 52.3 Å². The lowest BCUT2D eigenvalue weighted by molar-refractivity contribution is -0.133. The van der Waals surface area contributed by atoms with Crippen LogP contribution in [0.4, 0.5) is 8.78 Å². The molecule has 0 radical (unpaired) electrons. The number of hydrogen-bond donors (Lipinski definition) is 0. The summed E-state index contributed by atoms with van der Waals surface area (Å²) >= 11 is 5.95. The molecular formula is C17H19ClF2N4O. The molecule has 1 aliphatic rings. The highest BCUT2D eigenvalue weighted by molar-refractivity contribution is 6.31. The first-order chi connectivity index (χ1) is 12.0. The topological polar surface area (TPSA) is 41.4 Å². The van der Waals surface area contributed by atoms with Crippen LogP contribution in [0.3, 0.4) is 0 Å². The number of aromatic nitrogens is 2. The number of nitrogens with zero attached hydrogens (tertiary/aromatic N) is 4. The maximum absolute atomic E-state index is 13.8. The maximum Gasteiger partial charge on any atom is 0.244 e. The van der Waals surface area contributed by atoms with Gasteiger partial charge in [0.15, 0.2) is 11.6 Å². The summed E-state index contributed by atoms with van der Waals surface area (Å²) in [7, 11) is 0. The third-order valence-corrected chi connectivity index (χ3v) is 4.85. The molecular weight excluding hydrogens is 350 g/mol. The van der Waals surface area contributed by atoms with Crippen molar-refractivity contribution in [2.75, 3.05) is 26.2 Å². The minimum Gasteiger partial charge on any atom is -0.339 e. The zero-order chi connectivity index (χ0) is 18.0. The molecule has 0 unspecified atom stereocenters. The molecule has 1 aromatic heterocycles. The predicted octanol–water partition coefficient (Wildman–Crippen LogP) is 2.47. The maximum atomic E-state index is 13.8. The minimum atomic E-state index is -0.834. The Hall–Kier alpha value is -1.99. The molecule has 1 aromatic carbocycles. The Morgan fingerprint density at radius 2 is 1.96 bits per heavy atom. The predicted molar refractivity (Wildman–Crippen MR) is 90.2 cm³/mol. The molecule has 134 valence electrons. The first kappa shape index (κ1) is 17.8. The van der Waals surface area contributed by atoms with Gasteiger partial charge in [-0.1, -0.05) is 23.7 Å². The summed E-state index contributed by atoms with van der Waals surface area (Å²) < 4.78 is 28.6. The highest BCUT2D eigenvalue weighted by Crippen LogP contribution is 2.16. The van der Waals surface area contributed by atoms with Crippen molar-refractivity contribution in [1.29, 1.82) is 0 Å². The zero-order valence-electron chi connectivity index (χ0n) is 13.9. The Morgan fingerprint density at radius 3 is 2.60 bits per heavy atom. The first-order valence-corrected chi connectivity index (χ1v) is 8.44. The number of halogens is 3. The molecule has 1 amide bonds. The van der Waals surface area contributed by atoms with Gasteiger partial charge in [0.1, 0.15) is 6.54 Å². The van der Waals surface area contributed by atoms with Crippen molar-refractivity contribution in [3.63, 3.8) is 0 Å². The molecule has 5 nitrogen and oxygen atoms in total. The minimum absolute atomic E-state index is 0.0283. The van der Waals surface area contributed by atoms with Crippen LogP contribution in [0.2, 0.25) is 5.02 Å². The molecule has 1 aliphatic heterocycles. The number of piperazine rings is 1. The molecule has 0 N–H and O–H groups in total. The average Bonchev–Trinajstić information content (AvgIpc) is 2.91. The molecule has 0 saturated carbocycles. The summed E-state index contributed by atoms with van der Waals surface area (Å²) in [5.74, 6) is -1.66. The quantitative estimate of drug-likeness (QED) is 0.832. The largest absolute Gasteiger partial charge is 0.339 e. The molecule has 8 heteroatoms. The van der Waals surface area contributed by atoms with E-state index < -0.39 is 11.6 Å². The number of benzene rings is 1. The van der Waals surface area contributed by atoms with Crippen LogP contribution in [-0.2, 0) is 17.9 Å². The van der Waals surface area contributed by atoms with Gasteiger partial charge in [0.05, 0.1) is 16.9 Å². The van der Waals surface area contributed by atoms with Crippen LogP contribution in [0.1, 0.15) is 11.3 Å². The fourth-order valence-electron chi connectivity index (χ4n) is 2.88. The Balaban J connectivity index is 1.54. The Bertz CT molecular complexity index is 772. The summed E-state index contributed by atoms with van der Waals surface area (Å²) in [4.78, 5) is 16.2. The number of hydrogen-bond acceptors (Lipinski definition) is 3. The van der Waals surface area contributed by atoms with Crippen LogP contribution in [0.15, 0.2) is 24.4 Å². The van der Waals surface area contributed by atoms with Crippen LogP contribution in [0.5, 0.6) is 0 Å². The standard InChI is InChI=1S/C17H19ClF2N4O/c1-12-14(18)9-21-24(12)11-16(25)23-7-5-22(6-8-23)10-13-3-2-4-15(19)17(13)20/h2-4,9H,5-8,10-11H2,1H3. The fraction of sp³-hybridized carbons (Fsp3) is 0.412. The Morgan fingerprint density at radius 1 is 1.24 bits per heavy atom. The SMILES string of the molecule is Cc1c(Cl)cnn1CC(=O)N1CCN(Cc2cccc(F)c2F)CC1. The molecule has 1 fully saturated rings. The summed E-state index contributed by atoms with van der Waals surface area (Å²) in [6, 6.07) is 4.20. The lowest BCUT2D eigenvalue weighted by Crippen LogP contribution is -2.49. The molecule has 25 heavy (non-hydrogen) atoms. The van der Waals surface area contributed by atoms with Crippen LogP contribution >= 0.6 is 11.6 Å². The first-order valence-electron chi connectivity index (χ1n) is 8.06. The molecule has 2 aromatic rings. The van der Waals surface area contributed by atoms with E-state index in [1.54, 1.807) is 15.6 Å². The second-order valence-corrected chi connectivity index (χ2v) is 6.51. The second-order valence-electron chi connectivity index (χ2n) is 6.11. The second kappa shape index (κ2) is 7.49.